The number of carbonyl (C=O) groups is 2. The second-order valence-electron chi connectivity index (χ2n) is 12.9. The fraction of sp³-hybridized carbons (Fsp3) is 0.528. The number of pyridine rings is 1. The molecule has 296 valence electrons. The molecule has 0 radical (unpaired) electrons. The summed E-state index contributed by atoms with van der Waals surface area (Å²) in [6.07, 6.45) is -5.08. The van der Waals surface area contributed by atoms with Crippen molar-refractivity contribution in [1.29, 1.82) is 0 Å². The van der Waals surface area contributed by atoms with Gasteiger partial charge in [0, 0.05) is 7.05 Å². The van der Waals surface area contributed by atoms with Crippen LogP contribution in [0.5, 0.6) is 5.88 Å². The molecular weight excluding hydrogens is 714 g/mol. The predicted octanol–water partition coefficient (Wildman–Crippen LogP) is 9.70. The van der Waals surface area contributed by atoms with Crippen LogP contribution in [0.4, 0.5) is 36.8 Å². The molecule has 17 heteroatoms. The van der Waals surface area contributed by atoms with Crippen molar-refractivity contribution in [3.63, 3.8) is 0 Å². The van der Waals surface area contributed by atoms with Crippen molar-refractivity contribution in [2.45, 2.75) is 104 Å². The number of hydrogen-bond acceptors (Lipinski definition) is 10. The lowest BCUT2D eigenvalue weighted by Gasteiger charge is -2.32. The van der Waals surface area contributed by atoms with Gasteiger partial charge in [-0.1, -0.05) is 57.4 Å². The molecule has 2 aromatic heterocycles. The Morgan fingerprint density at radius 3 is 2.11 bits per heavy atom. The lowest BCUT2D eigenvalue weighted by Crippen LogP contribution is -2.45. The molecule has 2 aromatic rings. The molecule has 1 aliphatic rings. The van der Waals surface area contributed by atoms with Gasteiger partial charge in [-0.2, -0.15) is 26.3 Å². The highest BCUT2D eigenvalue weighted by Gasteiger charge is 2.61. The topological polar surface area (TPSA) is 126 Å². The normalized spacial score (nSPS) is 17.2. The van der Waals surface area contributed by atoms with Crippen LogP contribution in [0.25, 0.3) is 11.6 Å². The van der Waals surface area contributed by atoms with Gasteiger partial charge in [-0.3, -0.25) is 9.69 Å². The van der Waals surface area contributed by atoms with Crippen molar-refractivity contribution in [2.75, 3.05) is 25.2 Å². The highest BCUT2D eigenvalue weighted by Crippen LogP contribution is 2.47. The van der Waals surface area contributed by atoms with Gasteiger partial charge in [-0.25, -0.2) is 9.78 Å². The van der Waals surface area contributed by atoms with Crippen LogP contribution in [-0.2, 0) is 30.8 Å². The van der Waals surface area contributed by atoms with Crippen molar-refractivity contribution < 1.29 is 59.3 Å². The molecule has 1 amide bonds. The molecule has 3 heterocycles. The fourth-order valence-electron chi connectivity index (χ4n) is 4.13. The maximum absolute atomic E-state index is 14.9. The molecule has 11 nitrogen and oxygen atoms in total. The second kappa shape index (κ2) is 19.4. The molecule has 0 saturated carbocycles. The zero-order valence-corrected chi connectivity index (χ0v) is 31.4. The monoisotopic (exact) mass is 762 g/mol. The molecule has 1 aliphatic heterocycles. The number of amides is 1. The zero-order valence-electron chi connectivity index (χ0n) is 31.4. The van der Waals surface area contributed by atoms with Crippen molar-refractivity contribution in [3.8, 4) is 17.5 Å². The number of nitrogens with zero attached hydrogens (tertiary/aromatic N) is 4. The Hall–Kier alpha value is -4.67. The van der Waals surface area contributed by atoms with Crippen LogP contribution in [0.15, 0.2) is 59.6 Å². The van der Waals surface area contributed by atoms with Crippen molar-refractivity contribution >= 4 is 18.3 Å². The summed E-state index contributed by atoms with van der Waals surface area (Å²) >= 11 is 0. The molecule has 0 spiro atoms. The quantitative estimate of drug-likeness (QED) is 0.116. The van der Waals surface area contributed by atoms with E-state index in [1.807, 2.05) is 34.6 Å². The number of carbonyl (C=O) groups excluding carboxylic acids is 2. The van der Waals surface area contributed by atoms with E-state index in [1.165, 1.54) is 51.2 Å². The molecule has 0 fully saturated rings. The van der Waals surface area contributed by atoms with Crippen LogP contribution in [0.1, 0.15) is 86.1 Å². The SMILES string of the molecule is C=C/C=C(\C=C)COC1(C(F)(F)F)CC/C=C\CCOc2nc(c(N(C)C(=O)OC(C)(C)C)cc2C(F)(F)F)-c2nnc1o2.CC.CC(C)(C)OC=O. The van der Waals surface area contributed by atoms with Gasteiger partial charge in [0.15, 0.2) is 5.69 Å². The van der Waals surface area contributed by atoms with E-state index in [2.05, 4.69) is 33.1 Å². The Kier molecular flexibility index (Phi) is 17.0. The summed E-state index contributed by atoms with van der Waals surface area (Å²) in [7, 11) is 1.10. The van der Waals surface area contributed by atoms with Crippen LogP contribution in [-0.4, -0.2) is 65.4 Å². The number of anilines is 1. The minimum Gasteiger partial charge on any atom is -0.477 e. The Morgan fingerprint density at radius 2 is 1.62 bits per heavy atom. The third-order valence-corrected chi connectivity index (χ3v) is 6.57. The van der Waals surface area contributed by atoms with Crippen LogP contribution in [0.2, 0.25) is 0 Å². The number of fused-ring (bicyclic) bond motifs is 5. The van der Waals surface area contributed by atoms with Gasteiger partial charge in [-0.05, 0) is 72.4 Å². The highest BCUT2D eigenvalue weighted by molar-refractivity contribution is 5.91. The Bertz CT molecular complexity index is 1590. The molecule has 3 rings (SSSR count). The third-order valence-electron chi connectivity index (χ3n) is 6.57. The van der Waals surface area contributed by atoms with Gasteiger partial charge in [0.1, 0.15) is 16.8 Å². The standard InChI is InChI=1S/C29H32F6N4O5.C5H10O2.C2H6/c1-7-13-18(8-2)17-42-27(29(33,34)35)14-11-9-10-12-15-41-22-19(28(30,31)32)16-20(39(6)25(40)44-26(3,4)5)21(36-22)23-37-38-24(27)43-23;1-5(2,3)7-4-6;1-2/h7-10,13,16H,1-2,11-12,14-15,17H2,3-6H3;4H,1-3H3;1-2H3/b10-9-,18-13+;;. The Labute approximate surface area is 305 Å². The minimum absolute atomic E-state index is 0.0504. The number of hydrogen-bond donors (Lipinski definition) is 0. The van der Waals surface area contributed by atoms with E-state index in [0.29, 0.717) is 17.4 Å². The van der Waals surface area contributed by atoms with Gasteiger partial charge >= 0.3 is 18.4 Å². The van der Waals surface area contributed by atoms with E-state index < -0.39 is 77.3 Å². The maximum Gasteiger partial charge on any atom is 0.426 e. The van der Waals surface area contributed by atoms with E-state index >= 15 is 0 Å². The van der Waals surface area contributed by atoms with E-state index in [4.69, 9.17) is 18.6 Å². The first-order valence-corrected chi connectivity index (χ1v) is 16.5. The smallest absolute Gasteiger partial charge is 0.426 e. The number of alkyl halides is 6. The number of halogens is 6. The molecule has 1 atom stereocenters. The number of ether oxygens (including phenoxy) is 4. The first-order valence-electron chi connectivity index (χ1n) is 16.5. The zero-order chi connectivity index (χ0) is 40.8. The summed E-state index contributed by atoms with van der Waals surface area (Å²) in [6.45, 7) is 20.8. The van der Waals surface area contributed by atoms with Crippen LogP contribution in [0.3, 0.4) is 0 Å². The summed E-state index contributed by atoms with van der Waals surface area (Å²) in [5.74, 6) is -2.65. The van der Waals surface area contributed by atoms with Crippen molar-refractivity contribution in [1.82, 2.24) is 15.2 Å². The Balaban J connectivity index is 0.00000139. The van der Waals surface area contributed by atoms with E-state index in [9.17, 15) is 35.9 Å². The van der Waals surface area contributed by atoms with Crippen molar-refractivity contribution in [3.05, 3.63) is 66.6 Å². The average Bonchev–Trinajstić information content (AvgIpc) is 3.53. The van der Waals surface area contributed by atoms with E-state index in [1.54, 1.807) is 0 Å². The average molecular weight is 763 g/mol. The van der Waals surface area contributed by atoms with Gasteiger partial charge in [0.2, 0.25) is 11.5 Å². The van der Waals surface area contributed by atoms with E-state index in [0.717, 1.165) is 7.05 Å². The largest absolute Gasteiger partial charge is 0.477 e. The third kappa shape index (κ3) is 13.7. The van der Waals surface area contributed by atoms with Crippen molar-refractivity contribution in [2.24, 2.45) is 0 Å². The molecule has 1 unspecified atom stereocenters. The predicted molar refractivity (Wildman–Crippen MR) is 186 cm³/mol. The highest BCUT2D eigenvalue weighted by atomic mass is 19.4. The van der Waals surface area contributed by atoms with Crippen LogP contribution < -0.4 is 9.64 Å². The van der Waals surface area contributed by atoms with Gasteiger partial charge < -0.3 is 23.4 Å². The number of rotatable bonds is 7. The molecule has 0 aromatic carbocycles. The molecule has 53 heavy (non-hydrogen) atoms. The lowest BCUT2D eigenvalue weighted by molar-refractivity contribution is -0.292. The molecule has 0 N–H and O–H groups in total. The molecule has 4 bridgehead atoms. The number of aromatic nitrogens is 3. The van der Waals surface area contributed by atoms with E-state index in [-0.39, 0.29) is 30.6 Å². The summed E-state index contributed by atoms with van der Waals surface area (Å²) in [6, 6.07) is 0.553. The number of allylic oxidation sites excluding steroid dienone is 3. The van der Waals surface area contributed by atoms with Crippen LogP contribution >= 0.6 is 0 Å². The van der Waals surface area contributed by atoms with Crippen LogP contribution in [0, 0.1) is 0 Å². The maximum atomic E-state index is 14.9. The van der Waals surface area contributed by atoms with Gasteiger partial charge in [0.25, 0.3) is 18.3 Å². The first kappa shape index (κ1) is 46.4. The fourth-order valence-corrected chi connectivity index (χ4v) is 4.13. The molecule has 0 aliphatic carbocycles. The lowest BCUT2D eigenvalue weighted by atomic mass is 9.95. The first-order chi connectivity index (χ1) is 24.5. The molecular formula is C36H48F6N4O7. The van der Waals surface area contributed by atoms with Gasteiger partial charge in [0.05, 0.1) is 18.9 Å². The molecule has 0 saturated heterocycles. The minimum atomic E-state index is -5.10. The van der Waals surface area contributed by atoms with Gasteiger partial charge in [-0.15, -0.1) is 10.2 Å². The summed E-state index contributed by atoms with van der Waals surface area (Å²) < 4.78 is 113. The summed E-state index contributed by atoms with van der Waals surface area (Å²) in [4.78, 5) is 27.1. The second-order valence-corrected chi connectivity index (χ2v) is 12.9. The summed E-state index contributed by atoms with van der Waals surface area (Å²) in [5.41, 5.74) is -6.67. The Morgan fingerprint density at radius 1 is 1.00 bits per heavy atom. The summed E-state index contributed by atoms with van der Waals surface area (Å²) in [5, 5.41) is 7.32.